The highest BCUT2D eigenvalue weighted by Crippen LogP contribution is 2.30. The van der Waals surface area contributed by atoms with Crippen molar-refractivity contribution in [1.82, 2.24) is 20.2 Å². The van der Waals surface area contributed by atoms with E-state index in [4.69, 9.17) is 0 Å². The van der Waals surface area contributed by atoms with Gasteiger partial charge in [-0.2, -0.15) is 0 Å². The molecular weight excluding hydrogens is 336 g/mol. The Morgan fingerprint density at radius 2 is 1.74 bits per heavy atom. The summed E-state index contributed by atoms with van der Waals surface area (Å²) in [5.41, 5.74) is 5.33. The Balaban J connectivity index is 1.55. The highest BCUT2D eigenvalue weighted by molar-refractivity contribution is 6.05. The van der Waals surface area contributed by atoms with Crippen molar-refractivity contribution in [3.8, 4) is 11.3 Å². The van der Waals surface area contributed by atoms with E-state index in [9.17, 15) is 4.79 Å². The van der Waals surface area contributed by atoms with E-state index in [0.717, 1.165) is 38.6 Å². The average molecular weight is 352 g/mol. The fourth-order valence-electron chi connectivity index (χ4n) is 3.40. The number of benzene rings is 2. The minimum Gasteiger partial charge on any atom is -0.300 e. The Kier molecular flexibility index (Phi) is 3.57. The molecule has 3 heterocycles. The molecule has 5 heteroatoms. The van der Waals surface area contributed by atoms with Crippen LogP contribution in [-0.2, 0) is 6.42 Å². The summed E-state index contributed by atoms with van der Waals surface area (Å²) in [6, 6.07) is 19.6. The summed E-state index contributed by atoms with van der Waals surface area (Å²) in [7, 11) is 0. The SMILES string of the molecule is O=C(Cc1ccccc1)c1cc2cc3[nH][nH]c(-c4ccncc4)c3cc2n1. The number of aromatic amines is 2. The van der Waals surface area contributed by atoms with E-state index < -0.39 is 0 Å². The van der Waals surface area contributed by atoms with Gasteiger partial charge in [0.25, 0.3) is 0 Å². The molecule has 0 fully saturated rings. The van der Waals surface area contributed by atoms with Crippen molar-refractivity contribution in [2.75, 3.05) is 0 Å². The number of rotatable bonds is 4. The van der Waals surface area contributed by atoms with E-state index in [0.29, 0.717) is 12.1 Å². The Labute approximate surface area is 155 Å². The Hall–Kier alpha value is -3.73. The van der Waals surface area contributed by atoms with Crippen LogP contribution in [0.4, 0.5) is 0 Å². The summed E-state index contributed by atoms with van der Waals surface area (Å²) in [6.45, 7) is 0. The highest BCUT2D eigenvalue weighted by atomic mass is 16.1. The van der Waals surface area contributed by atoms with Crippen LogP contribution < -0.4 is 0 Å². The van der Waals surface area contributed by atoms with Crippen molar-refractivity contribution in [3.63, 3.8) is 0 Å². The smallest absolute Gasteiger partial charge is 0.185 e. The first-order valence-corrected chi connectivity index (χ1v) is 8.76. The van der Waals surface area contributed by atoms with Crippen LogP contribution >= 0.6 is 0 Å². The van der Waals surface area contributed by atoms with Crippen molar-refractivity contribution in [2.24, 2.45) is 0 Å². The third-order valence-corrected chi connectivity index (χ3v) is 4.75. The number of nitrogens with one attached hydrogen (secondary N) is 2. The van der Waals surface area contributed by atoms with Gasteiger partial charge in [-0.3, -0.25) is 14.9 Å². The topological polar surface area (TPSA) is 74.4 Å². The van der Waals surface area contributed by atoms with Crippen LogP contribution in [0.3, 0.4) is 0 Å². The van der Waals surface area contributed by atoms with E-state index in [2.05, 4.69) is 20.2 Å². The van der Waals surface area contributed by atoms with Crippen molar-refractivity contribution in [3.05, 3.63) is 84.3 Å². The number of hydrogen-bond donors (Lipinski definition) is 2. The highest BCUT2D eigenvalue weighted by Gasteiger charge is 2.14. The molecular formula is C22H16N4O. The first-order chi connectivity index (χ1) is 13.3. The minimum atomic E-state index is 0.0296. The van der Waals surface area contributed by atoms with Gasteiger partial charge in [-0.05, 0) is 35.9 Å². The lowest BCUT2D eigenvalue weighted by molar-refractivity contribution is 0.0989. The van der Waals surface area contributed by atoms with Crippen LogP contribution in [-0.4, -0.2) is 25.9 Å². The maximum absolute atomic E-state index is 12.6. The maximum atomic E-state index is 12.6. The number of Topliss-reactive ketones (excluding diaryl/α,β-unsaturated/α-hetero) is 1. The quantitative estimate of drug-likeness (QED) is 0.467. The van der Waals surface area contributed by atoms with E-state index in [-0.39, 0.29) is 5.78 Å². The molecule has 5 nitrogen and oxygen atoms in total. The van der Waals surface area contributed by atoms with Crippen molar-refractivity contribution < 1.29 is 4.79 Å². The van der Waals surface area contributed by atoms with E-state index in [1.165, 1.54) is 0 Å². The van der Waals surface area contributed by atoms with Gasteiger partial charge < -0.3 is 5.10 Å². The summed E-state index contributed by atoms with van der Waals surface area (Å²) >= 11 is 0. The van der Waals surface area contributed by atoms with Crippen LogP contribution in [0.25, 0.3) is 33.1 Å². The molecule has 0 aliphatic rings. The van der Waals surface area contributed by atoms with Gasteiger partial charge in [-0.1, -0.05) is 30.3 Å². The van der Waals surface area contributed by atoms with Crippen LogP contribution in [0, 0.1) is 0 Å². The van der Waals surface area contributed by atoms with Gasteiger partial charge >= 0.3 is 0 Å². The molecule has 0 radical (unpaired) electrons. The second kappa shape index (κ2) is 6.21. The summed E-state index contributed by atoms with van der Waals surface area (Å²) in [6.07, 6.45) is 3.89. The number of ketones is 1. The second-order valence-corrected chi connectivity index (χ2v) is 6.54. The molecule has 0 saturated carbocycles. The van der Waals surface area contributed by atoms with Gasteiger partial charge in [0.05, 0.1) is 16.7 Å². The van der Waals surface area contributed by atoms with Crippen molar-refractivity contribution in [2.45, 2.75) is 6.42 Å². The Morgan fingerprint density at radius 1 is 0.926 bits per heavy atom. The summed E-state index contributed by atoms with van der Waals surface area (Å²) in [5, 5.41) is 8.41. The van der Waals surface area contributed by atoms with Gasteiger partial charge in [0.15, 0.2) is 5.78 Å². The zero-order valence-corrected chi connectivity index (χ0v) is 14.4. The standard InChI is InChI=1S/C22H16N4O/c27-21(10-14-4-2-1-3-5-14)20-12-16-11-19-17(13-18(16)24-20)22(26-25-19)15-6-8-23-9-7-15/h1-9,11-13,25-26H,10H2. The molecule has 2 N–H and O–H groups in total. The Bertz CT molecular complexity index is 1250. The van der Waals surface area contributed by atoms with Gasteiger partial charge in [0.1, 0.15) is 5.69 Å². The largest absolute Gasteiger partial charge is 0.300 e. The Morgan fingerprint density at radius 3 is 2.56 bits per heavy atom. The summed E-state index contributed by atoms with van der Waals surface area (Å²) < 4.78 is 0. The number of aromatic nitrogens is 4. The lowest BCUT2D eigenvalue weighted by atomic mass is 10.1. The normalized spacial score (nSPS) is 11.3. The molecule has 0 bridgehead atoms. The summed E-state index contributed by atoms with van der Waals surface area (Å²) in [4.78, 5) is 21.3. The zero-order valence-electron chi connectivity index (χ0n) is 14.4. The first-order valence-electron chi connectivity index (χ1n) is 8.76. The molecule has 3 aromatic heterocycles. The van der Waals surface area contributed by atoms with E-state index in [1.807, 2.05) is 60.7 Å². The molecule has 0 spiro atoms. The zero-order chi connectivity index (χ0) is 18.2. The third-order valence-electron chi connectivity index (χ3n) is 4.75. The van der Waals surface area contributed by atoms with Crippen LogP contribution in [0.5, 0.6) is 0 Å². The van der Waals surface area contributed by atoms with E-state index >= 15 is 0 Å². The molecule has 0 unspecified atom stereocenters. The molecule has 0 aliphatic heterocycles. The molecule has 5 rings (SSSR count). The van der Waals surface area contributed by atoms with Gasteiger partial charge in [0.2, 0.25) is 0 Å². The average Bonchev–Trinajstić information content (AvgIpc) is 3.31. The van der Waals surface area contributed by atoms with Crippen LogP contribution in [0.15, 0.2) is 73.1 Å². The number of nitrogens with zero attached hydrogens (tertiary/aromatic N) is 2. The van der Waals surface area contributed by atoms with Gasteiger partial charge in [-0.15, -0.1) is 0 Å². The third kappa shape index (κ3) is 2.79. The van der Waals surface area contributed by atoms with Crippen LogP contribution in [0.1, 0.15) is 16.1 Å². The van der Waals surface area contributed by atoms with Crippen molar-refractivity contribution in [1.29, 1.82) is 0 Å². The number of hydrogen-bond acceptors (Lipinski definition) is 3. The molecule has 130 valence electrons. The molecule has 27 heavy (non-hydrogen) atoms. The molecule has 0 aliphatic carbocycles. The molecule has 5 aromatic rings. The lowest BCUT2D eigenvalue weighted by Gasteiger charge is -1.98. The van der Waals surface area contributed by atoms with Gasteiger partial charge in [0, 0.05) is 35.2 Å². The first kappa shape index (κ1) is 15.5. The molecule has 0 amide bonds. The number of fused-ring (bicyclic) bond motifs is 2. The van der Waals surface area contributed by atoms with Crippen LogP contribution in [0.2, 0.25) is 0 Å². The van der Waals surface area contributed by atoms with Gasteiger partial charge in [-0.25, -0.2) is 4.98 Å². The minimum absolute atomic E-state index is 0.0296. The fraction of sp³-hybridized carbons (Fsp3) is 0.0455. The molecule has 0 atom stereocenters. The number of pyridine rings is 1. The maximum Gasteiger partial charge on any atom is 0.185 e. The number of H-pyrrole nitrogens is 2. The van der Waals surface area contributed by atoms with E-state index in [1.54, 1.807) is 12.4 Å². The monoisotopic (exact) mass is 352 g/mol. The number of carbonyl (C=O) groups is 1. The molecule has 2 aromatic carbocycles. The second-order valence-electron chi connectivity index (χ2n) is 6.54. The lowest BCUT2D eigenvalue weighted by Crippen LogP contribution is -2.03. The summed E-state index contributed by atoms with van der Waals surface area (Å²) in [5.74, 6) is 0.0296. The van der Waals surface area contributed by atoms with Crippen molar-refractivity contribution >= 4 is 27.6 Å². The predicted molar refractivity (Wildman–Crippen MR) is 106 cm³/mol. The predicted octanol–water partition coefficient (Wildman–Crippen LogP) is 4.53. The number of carbonyl (C=O) groups excluding carboxylic acids is 1. The fourth-order valence-corrected chi connectivity index (χ4v) is 3.40. The molecule has 0 saturated heterocycles.